The zero-order valence-electron chi connectivity index (χ0n) is 14.7. The fourth-order valence-electron chi connectivity index (χ4n) is 2.03. The summed E-state index contributed by atoms with van der Waals surface area (Å²) >= 11 is 0. The van der Waals surface area contributed by atoms with Crippen molar-refractivity contribution in [3.63, 3.8) is 0 Å². The molecular formula is C17H25ClN4O3. The molecule has 0 fully saturated rings. The normalized spacial score (nSPS) is 10.9. The van der Waals surface area contributed by atoms with Crippen LogP contribution in [-0.2, 0) is 11.2 Å². The Morgan fingerprint density at radius 3 is 2.60 bits per heavy atom. The van der Waals surface area contributed by atoms with E-state index in [0.717, 1.165) is 11.3 Å². The van der Waals surface area contributed by atoms with Crippen LogP contribution in [0.3, 0.4) is 0 Å². The van der Waals surface area contributed by atoms with Crippen LogP contribution in [0.25, 0.3) is 11.4 Å². The first-order valence-electron chi connectivity index (χ1n) is 7.90. The minimum atomic E-state index is -0.407. The average molecular weight is 369 g/mol. The number of nitrogens with zero attached hydrogens (tertiary/aromatic N) is 2. The zero-order chi connectivity index (χ0) is 17.6. The van der Waals surface area contributed by atoms with Gasteiger partial charge < -0.3 is 20.3 Å². The molecule has 0 aliphatic carbocycles. The van der Waals surface area contributed by atoms with Gasteiger partial charge in [-0.3, -0.25) is 4.79 Å². The maximum Gasteiger partial charge on any atom is 0.226 e. The van der Waals surface area contributed by atoms with Crippen molar-refractivity contribution in [2.45, 2.75) is 38.6 Å². The Bertz CT molecular complexity index is 665. The van der Waals surface area contributed by atoms with Crippen LogP contribution in [0.2, 0.25) is 0 Å². The number of amides is 1. The summed E-state index contributed by atoms with van der Waals surface area (Å²) in [6, 6.07) is 7.42. The Kier molecular flexibility index (Phi) is 7.86. The molecule has 1 aromatic carbocycles. The number of aryl methyl sites for hydroxylation is 1. The van der Waals surface area contributed by atoms with Gasteiger partial charge in [0.2, 0.25) is 17.6 Å². The quantitative estimate of drug-likeness (QED) is 0.741. The Hall–Kier alpha value is -2.12. The molecule has 1 heterocycles. The van der Waals surface area contributed by atoms with Gasteiger partial charge in [0, 0.05) is 30.5 Å². The molecule has 0 atom stereocenters. The second kappa shape index (κ2) is 9.39. The van der Waals surface area contributed by atoms with E-state index in [1.165, 1.54) is 0 Å². The van der Waals surface area contributed by atoms with E-state index in [2.05, 4.69) is 15.5 Å². The van der Waals surface area contributed by atoms with Gasteiger partial charge in [-0.1, -0.05) is 5.16 Å². The van der Waals surface area contributed by atoms with Gasteiger partial charge in [0.15, 0.2) is 0 Å². The maximum atomic E-state index is 11.7. The van der Waals surface area contributed by atoms with Crippen LogP contribution in [0, 0.1) is 0 Å². The Balaban J connectivity index is 0.00000312. The molecule has 0 unspecified atom stereocenters. The van der Waals surface area contributed by atoms with Crippen molar-refractivity contribution in [3.05, 3.63) is 30.2 Å². The predicted octanol–water partition coefficient (Wildman–Crippen LogP) is 2.34. The number of carbonyl (C=O) groups is 1. The number of ether oxygens (including phenoxy) is 1. The molecule has 0 aliphatic rings. The summed E-state index contributed by atoms with van der Waals surface area (Å²) in [7, 11) is 1.62. The SMILES string of the molecule is COc1ccc(-c2noc(CCCC(=O)NCC(C)(C)N)n2)cc1.Cl. The minimum absolute atomic E-state index is 0. The molecule has 2 aromatic rings. The highest BCUT2D eigenvalue weighted by molar-refractivity contribution is 5.85. The molecule has 3 N–H and O–H groups in total. The monoisotopic (exact) mass is 368 g/mol. The van der Waals surface area contributed by atoms with Gasteiger partial charge in [-0.2, -0.15) is 4.98 Å². The molecule has 0 bridgehead atoms. The van der Waals surface area contributed by atoms with E-state index in [0.29, 0.717) is 37.5 Å². The third-order valence-electron chi connectivity index (χ3n) is 3.35. The molecular weight excluding hydrogens is 344 g/mol. The van der Waals surface area contributed by atoms with Crippen molar-refractivity contribution in [2.24, 2.45) is 5.73 Å². The summed E-state index contributed by atoms with van der Waals surface area (Å²) in [5.41, 5.74) is 6.27. The van der Waals surface area contributed by atoms with Crippen LogP contribution in [0.15, 0.2) is 28.8 Å². The van der Waals surface area contributed by atoms with Crippen molar-refractivity contribution in [1.29, 1.82) is 0 Å². The maximum absolute atomic E-state index is 11.7. The van der Waals surface area contributed by atoms with Crippen LogP contribution >= 0.6 is 12.4 Å². The van der Waals surface area contributed by atoms with E-state index in [1.54, 1.807) is 7.11 Å². The Labute approximate surface area is 153 Å². The summed E-state index contributed by atoms with van der Waals surface area (Å²) in [4.78, 5) is 16.1. The van der Waals surface area contributed by atoms with Crippen LogP contribution in [-0.4, -0.2) is 35.2 Å². The number of rotatable bonds is 8. The Morgan fingerprint density at radius 2 is 2.00 bits per heavy atom. The van der Waals surface area contributed by atoms with Gasteiger partial charge in [-0.15, -0.1) is 12.4 Å². The summed E-state index contributed by atoms with van der Waals surface area (Å²) < 4.78 is 10.3. The number of hydrogen-bond acceptors (Lipinski definition) is 6. The van der Waals surface area contributed by atoms with Gasteiger partial charge in [-0.25, -0.2) is 0 Å². The van der Waals surface area contributed by atoms with Crippen LogP contribution in [0.5, 0.6) is 5.75 Å². The number of methoxy groups -OCH3 is 1. The van der Waals surface area contributed by atoms with E-state index in [1.807, 2.05) is 38.1 Å². The van der Waals surface area contributed by atoms with E-state index in [9.17, 15) is 4.79 Å². The minimum Gasteiger partial charge on any atom is -0.497 e. The van der Waals surface area contributed by atoms with Crippen molar-refractivity contribution in [2.75, 3.05) is 13.7 Å². The highest BCUT2D eigenvalue weighted by Gasteiger charge is 2.13. The number of hydrogen-bond donors (Lipinski definition) is 2. The smallest absolute Gasteiger partial charge is 0.226 e. The molecule has 0 aliphatic heterocycles. The summed E-state index contributed by atoms with van der Waals surface area (Å²) in [5.74, 6) is 1.80. The summed E-state index contributed by atoms with van der Waals surface area (Å²) in [6.07, 6.45) is 1.60. The molecule has 1 aromatic heterocycles. The molecule has 1 amide bonds. The van der Waals surface area contributed by atoms with E-state index in [-0.39, 0.29) is 18.3 Å². The molecule has 0 saturated carbocycles. The van der Waals surface area contributed by atoms with Crippen molar-refractivity contribution in [3.8, 4) is 17.1 Å². The lowest BCUT2D eigenvalue weighted by molar-refractivity contribution is -0.121. The van der Waals surface area contributed by atoms with Crippen LogP contribution in [0.4, 0.5) is 0 Å². The van der Waals surface area contributed by atoms with Gasteiger partial charge >= 0.3 is 0 Å². The number of aromatic nitrogens is 2. The lowest BCUT2D eigenvalue weighted by Crippen LogP contribution is -2.45. The third kappa shape index (κ3) is 7.11. The zero-order valence-corrected chi connectivity index (χ0v) is 15.6. The molecule has 0 radical (unpaired) electrons. The summed E-state index contributed by atoms with van der Waals surface area (Å²) in [6.45, 7) is 4.19. The number of halogens is 1. The highest BCUT2D eigenvalue weighted by Crippen LogP contribution is 2.20. The topological polar surface area (TPSA) is 103 Å². The predicted molar refractivity (Wildman–Crippen MR) is 97.7 cm³/mol. The van der Waals surface area contributed by atoms with Gasteiger partial charge in [0.25, 0.3) is 0 Å². The van der Waals surface area contributed by atoms with Crippen LogP contribution in [0.1, 0.15) is 32.6 Å². The first-order valence-corrected chi connectivity index (χ1v) is 7.90. The standard InChI is InChI=1S/C17H24N4O3.ClH/c1-17(2,18)11-19-14(22)5-4-6-15-20-16(21-24-15)12-7-9-13(23-3)10-8-12;/h7-10H,4-6,11,18H2,1-3H3,(H,19,22);1H. The fraction of sp³-hybridized carbons (Fsp3) is 0.471. The van der Waals surface area contributed by atoms with E-state index in [4.69, 9.17) is 15.0 Å². The first kappa shape index (κ1) is 20.9. The second-order valence-electron chi connectivity index (χ2n) is 6.36. The van der Waals surface area contributed by atoms with Crippen molar-refractivity contribution in [1.82, 2.24) is 15.5 Å². The number of benzene rings is 1. The first-order chi connectivity index (χ1) is 11.4. The fourth-order valence-corrected chi connectivity index (χ4v) is 2.03. The molecule has 138 valence electrons. The van der Waals surface area contributed by atoms with Gasteiger partial charge in [-0.05, 0) is 44.5 Å². The largest absolute Gasteiger partial charge is 0.497 e. The van der Waals surface area contributed by atoms with E-state index >= 15 is 0 Å². The molecule has 25 heavy (non-hydrogen) atoms. The molecule has 8 heteroatoms. The number of nitrogens with one attached hydrogen (secondary N) is 1. The van der Waals surface area contributed by atoms with Crippen molar-refractivity contribution >= 4 is 18.3 Å². The lowest BCUT2D eigenvalue weighted by atomic mass is 10.1. The lowest BCUT2D eigenvalue weighted by Gasteiger charge is -2.18. The summed E-state index contributed by atoms with van der Waals surface area (Å²) in [5, 5.41) is 6.77. The molecule has 0 spiro atoms. The number of nitrogens with two attached hydrogens (primary N) is 1. The second-order valence-corrected chi connectivity index (χ2v) is 6.36. The molecule has 2 rings (SSSR count). The Morgan fingerprint density at radius 1 is 1.32 bits per heavy atom. The molecule has 7 nitrogen and oxygen atoms in total. The average Bonchev–Trinajstić information content (AvgIpc) is 3.01. The van der Waals surface area contributed by atoms with Crippen molar-refractivity contribution < 1.29 is 14.1 Å². The number of carbonyl (C=O) groups excluding carboxylic acids is 1. The van der Waals surface area contributed by atoms with E-state index < -0.39 is 5.54 Å². The van der Waals surface area contributed by atoms with Gasteiger partial charge in [0.05, 0.1) is 7.11 Å². The molecule has 0 saturated heterocycles. The van der Waals surface area contributed by atoms with Crippen LogP contribution < -0.4 is 15.8 Å². The highest BCUT2D eigenvalue weighted by atomic mass is 35.5. The third-order valence-corrected chi connectivity index (χ3v) is 3.35. The van der Waals surface area contributed by atoms with Gasteiger partial charge in [0.1, 0.15) is 5.75 Å².